The van der Waals surface area contributed by atoms with Gasteiger partial charge in [0.05, 0.1) is 19.1 Å². The van der Waals surface area contributed by atoms with Gasteiger partial charge >= 0.3 is 0 Å². The second-order valence-electron chi connectivity index (χ2n) is 1.77. The number of hydrogen-bond acceptors (Lipinski definition) is 1. The van der Waals surface area contributed by atoms with Crippen LogP contribution in [0.25, 0.3) is 0 Å². The van der Waals surface area contributed by atoms with Crippen molar-refractivity contribution in [2.45, 2.75) is 13.5 Å². The molecule has 1 rings (SSSR count). The molecule has 1 heterocycles. The van der Waals surface area contributed by atoms with Gasteiger partial charge in [0.2, 0.25) is 0 Å². The zero-order valence-corrected chi connectivity index (χ0v) is 6.39. The van der Waals surface area contributed by atoms with E-state index >= 15 is 0 Å². The molecule has 52 valence electrons. The smallest absolute Gasteiger partial charge is 0.129 e. The van der Waals surface area contributed by atoms with Crippen LogP contribution in [-0.4, -0.2) is 9.55 Å². The zero-order chi connectivity index (χ0) is 7.40. The maximum absolute atomic E-state index is 5.71. The van der Waals surface area contributed by atoms with Crippen molar-refractivity contribution >= 4 is 11.6 Å². The van der Waals surface area contributed by atoms with Gasteiger partial charge in [0, 0.05) is 0 Å². The number of rotatable bonds is 1. The lowest BCUT2D eigenvalue weighted by Crippen LogP contribution is -1.91. The fourth-order valence-electron chi connectivity index (χ4n) is 0.585. The molecule has 3 heteroatoms. The molecule has 0 radical (unpaired) electrons. The van der Waals surface area contributed by atoms with E-state index in [1.807, 2.05) is 0 Å². The van der Waals surface area contributed by atoms with Crippen molar-refractivity contribution in [2.75, 3.05) is 0 Å². The second-order valence-corrected chi connectivity index (χ2v) is 2.16. The summed E-state index contributed by atoms with van der Waals surface area (Å²) < 4.78 is 1.78. The summed E-state index contributed by atoms with van der Waals surface area (Å²) in [5, 5.41) is 0.628. The van der Waals surface area contributed by atoms with Gasteiger partial charge in [-0.05, 0) is 6.92 Å². The standard InChI is InChI=1S/C7H7ClN2/c1-2-3-4-10-6-9-5-7(10)8/h5-6H,4H2,1H3. The summed E-state index contributed by atoms with van der Waals surface area (Å²) in [4.78, 5) is 3.84. The lowest BCUT2D eigenvalue weighted by atomic mass is 10.6. The van der Waals surface area contributed by atoms with Crippen LogP contribution in [0, 0.1) is 11.8 Å². The Hall–Kier alpha value is -0.940. The summed E-state index contributed by atoms with van der Waals surface area (Å²) in [7, 11) is 0. The van der Waals surface area contributed by atoms with Crippen LogP contribution in [0.1, 0.15) is 6.92 Å². The molecule has 10 heavy (non-hydrogen) atoms. The van der Waals surface area contributed by atoms with Crippen molar-refractivity contribution in [3.05, 3.63) is 17.7 Å². The third-order valence-electron chi connectivity index (χ3n) is 1.09. The molecule has 1 aromatic rings. The average Bonchev–Trinajstić information content (AvgIpc) is 2.31. The summed E-state index contributed by atoms with van der Waals surface area (Å²) in [6.07, 6.45) is 3.26. The Morgan fingerprint density at radius 2 is 2.60 bits per heavy atom. The molecule has 0 atom stereocenters. The maximum Gasteiger partial charge on any atom is 0.129 e. The first kappa shape index (κ1) is 7.17. The molecule has 0 saturated carbocycles. The predicted octanol–water partition coefficient (Wildman–Crippen LogP) is 1.56. The van der Waals surface area contributed by atoms with Crippen LogP contribution in [0.5, 0.6) is 0 Å². The van der Waals surface area contributed by atoms with E-state index in [4.69, 9.17) is 11.6 Å². The van der Waals surface area contributed by atoms with E-state index in [0.29, 0.717) is 11.7 Å². The van der Waals surface area contributed by atoms with Crippen LogP contribution in [-0.2, 0) is 6.54 Å². The Kier molecular flexibility index (Phi) is 2.35. The molecule has 1 aromatic heterocycles. The Balaban J connectivity index is 2.71. The molecule has 0 aliphatic carbocycles. The Morgan fingerprint density at radius 1 is 1.80 bits per heavy atom. The zero-order valence-electron chi connectivity index (χ0n) is 5.63. The predicted molar refractivity (Wildman–Crippen MR) is 40.7 cm³/mol. The van der Waals surface area contributed by atoms with Gasteiger partial charge in [0.25, 0.3) is 0 Å². The quantitative estimate of drug-likeness (QED) is 0.562. The van der Waals surface area contributed by atoms with Gasteiger partial charge < -0.3 is 4.57 Å². The third kappa shape index (κ3) is 1.52. The van der Waals surface area contributed by atoms with Crippen molar-refractivity contribution in [3.63, 3.8) is 0 Å². The van der Waals surface area contributed by atoms with Gasteiger partial charge in [-0.25, -0.2) is 4.98 Å². The Labute approximate surface area is 64.8 Å². The summed E-state index contributed by atoms with van der Waals surface area (Å²) in [6, 6.07) is 0. The fraction of sp³-hybridized carbons (Fsp3) is 0.286. The third-order valence-corrected chi connectivity index (χ3v) is 1.40. The molecule has 0 amide bonds. The molecular formula is C7H7ClN2. The van der Waals surface area contributed by atoms with Crippen LogP contribution in [0.4, 0.5) is 0 Å². The number of nitrogens with zero attached hydrogens (tertiary/aromatic N) is 2. The molecular weight excluding hydrogens is 148 g/mol. The van der Waals surface area contributed by atoms with Crippen molar-refractivity contribution in [1.82, 2.24) is 9.55 Å². The van der Waals surface area contributed by atoms with E-state index in [1.54, 1.807) is 24.0 Å². The van der Waals surface area contributed by atoms with E-state index in [-0.39, 0.29) is 0 Å². The molecule has 0 saturated heterocycles. The molecule has 0 bridgehead atoms. The largest absolute Gasteiger partial charge is 0.310 e. The van der Waals surface area contributed by atoms with Gasteiger partial charge in [-0.3, -0.25) is 0 Å². The second kappa shape index (κ2) is 3.28. The first-order chi connectivity index (χ1) is 4.84. The molecule has 0 N–H and O–H groups in total. The van der Waals surface area contributed by atoms with Crippen LogP contribution < -0.4 is 0 Å². The highest BCUT2D eigenvalue weighted by Crippen LogP contribution is 2.04. The average molecular weight is 155 g/mol. The Morgan fingerprint density at radius 3 is 3.10 bits per heavy atom. The minimum absolute atomic E-state index is 0.620. The highest BCUT2D eigenvalue weighted by atomic mass is 35.5. The van der Waals surface area contributed by atoms with Crippen molar-refractivity contribution in [3.8, 4) is 11.8 Å². The van der Waals surface area contributed by atoms with Crippen molar-refractivity contribution in [1.29, 1.82) is 0 Å². The molecule has 0 fully saturated rings. The minimum atomic E-state index is 0.620. The Bertz CT molecular complexity index is 267. The summed E-state index contributed by atoms with van der Waals surface area (Å²) >= 11 is 5.71. The van der Waals surface area contributed by atoms with E-state index in [9.17, 15) is 0 Å². The number of aromatic nitrogens is 2. The molecule has 0 aromatic carbocycles. The molecule has 0 aliphatic heterocycles. The lowest BCUT2D eigenvalue weighted by Gasteiger charge is -1.93. The van der Waals surface area contributed by atoms with Gasteiger partial charge in [0.1, 0.15) is 5.15 Å². The van der Waals surface area contributed by atoms with Gasteiger partial charge in [-0.2, -0.15) is 0 Å². The fourth-order valence-corrected chi connectivity index (χ4v) is 0.745. The van der Waals surface area contributed by atoms with E-state index < -0.39 is 0 Å². The number of hydrogen-bond donors (Lipinski definition) is 0. The van der Waals surface area contributed by atoms with Crippen LogP contribution in [0.3, 0.4) is 0 Å². The first-order valence-corrected chi connectivity index (χ1v) is 3.27. The minimum Gasteiger partial charge on any atom is -0.310 e. The highest BCUT2D eigenvalue weighted by Gasteiger charge is 1.92. The monoisotopic (exact) mass is 154 g/mol. The molecule has 0 unspecified atom stereocenters. The van der Waals surface area contributed by atoms with Gasteiger partial charge in [0.15, 0.2) is 0 Å². The molecule has 0 spiro atoms. The lowest BCUT2D eigenvalue weighted by molar-refractivity contribution is 0.840. The highest BCUT2D eigenvalue weighted by molar-refractivity contribution is 6.29. The van der Waals surface area contributed by atoms with Gasteiger partial charge in [-0.1, -0.05) is 17.5 Å². The van der Waals surface area contributed by atoms with Crippen LogP contribution in [0.2, 0.25) is 5.15 Å². The normalized spacial score (nSPS) is 8.60. The summed E-state index contributed by atoms with van der Waals surface area (Å²) in [5.41, 5.74) is 0. The first-order valence-electron chi connectivity index (χ1n) is 2.90. The maximum atomic E-state index is 5.71. The van der Waals surface area contributed by atoms with E-state index in [1.165, 1.54) is 0 Å². The molecule has 0 aliphatic rings. The van der Waals surface area contributed by atoms with Crippen LogP contribution in [0.15, 0.2) is 12.5 Å². The van der Waals surface area contributed by atoms with E-state index in [2.05, 4.69) is 16.8 Å². The number of imidazole rings is 1. The van der Waals surface area contributed by atoms with Crippen molar-refractivity contribution < 1.29 is 0 Å². The topological polar surface area (TPSA) is 17.8 Å². The SMILES string of the molecule is CC#CCn1cncc1Cl. The van der Waals surface area contributed by atoms with Crippen LogP contribution >= 0.6 is 11.6 Å². The van der Waals surface area contributed by atoms with Gasteiger partial charge in [-0.15, -0.1) is 5.92 Å². The summed E-state index contributed by atoms with van der Waals surface area (Å²) in [6.45, 7) is 2.42. The van der Waals surface area contributed by atoms with Crippen molar-refractivity contribution in [2.24, 2.45) is 0 Å². The summed E-state index contributed by atoms with van der Waals surface area (Å²) in [5.74, 6) is 5.66. The number of halogens is 1. The van der Waals surface area contributed by atoms with E-state index in [0.717, 1.165) is 0 Å². The molecule has 2 nitrogen and oxygen atoms in total.